The van der Waals surface area contributed by atoms with E-state index in [2.05, 4.69) is 43.8 Å². The fourth-order valence-corrected chi connectivity index (χ4v) is 3.37. The highest BCUT2D eigenvalue weighted by atomic mass is 16.6. The van der Waals surface area contributed by atoms with Gasteiger partial charge < -0.3 is 19.9 Å². The molecule has 0 unspecified atom stereocenters. The lowest BCUT2D eigenvalue weighted by atomic mass is 10.0. The van der Waals surface area contributed by atoms with E-state index in [-0.39, 0.29) is 30.3 Å². The van der Waals surface area contributed by atoms with Crippen LogP contribution in [-0.4, -0.2) is 43.5 Å². The molecule has 0 spiro atoms. The highest BCUT2D eigenvalue weighted by Gasteiger charge is 2.35. The van der Waals surface area contributed by atoms with E-state index in [1.54, 1.807) is 0 Å². The Morgan fingerprint density at radius 1 is 1.19 bits per heavy atom. The third-order valence-corrected chi connectivity index (χ3v) is 4.91. The minimum absolute atomic E-state index is 0.0581. The molecule has 0 aromatic heterocycles. The lowest BCUT2D eigenvalue weighted by Gasteiger charge is -2.31. The summed E-state index contributed by atoms with van der Waals surface area (Å²) in [5.74, 6) is 0.222. The topological polar surface area (TPSA) is 72.4 Å². The van der Waals surface area contributed by atoms with Crippen molar-refractivity contribution < 1.29 is 24.7 Å². The molecule has 5 nitrogen and oxygen atoms in total. The Kier molecular flexibility index (Phi) is 9.25. The molecule has 1 fully saturated rings. The number of esters is 1. The number of carbonyl (C=O) groups is 1. The summed E-state index contributed by atoms with van der Waals surface area (Å²) in [5, 5.41) is 0. The Bertz CT molecular complexity index is 549. The number of benzene rings is 1. The van der Waals surface area contributed by atoms with Gasteiger partial charge in [-0.3, -0.25) is 0 Å². The van der Waals surface area contributed by atoms with Crippen LogP contribution in [0, 0.1) is 5.92 Å². The fraction of sp³-hybridized carbons (Fsp3) is 0.682. The van der Waals surface area contributed by atoms with Crippen molar-refractivity contribution in [2.45, 2.75) is 77.2 Å². The molecule has 152 valence electrons. The van der Waals surface area contributed by atoms with Crippen molar-refractivity contribution in [3.8, 4) is 0 Å². The molecule has 1 saturated heterocycles. The summed E-state index contributed by atoms with van der Waals surface area (Å²) in [6.45, 7) is 7.49. The predicted molar refractivity (Wildman–Crippen MR) is 105 cm³/mol. The van der Waals surface area contributed by atoms with Crippen LogP contribution < -0.4 is 5.73 Å². The molecule has 0 bridgehead atoms. The second-order valence-corrected chi connectivity index (χ2v) is 7.96. The first-order valence-corrected chi connectivity index (χ1v) is 10.3. The van der Waals surface area contributed by atoms with E-state index < -0.39 is 0 Å². The molecule has 1 heterocycles. The standard InChI is InChI=1S/C22H35NO4/c1-16(2)15-26-20-13-7-12-19(23)22(24)27-17(3)21(20)25-14-8-11-18-9-5-4-6-10-18/h4-6,9-10,16-17,19-21H,7-8,11-15,23H2,1-3H3/p+1/t17-,19-,20-,21-/m0/s1. The number of ether oxygens (including phenoxy) is 3. The monoisotopic (exact) mass is 378 g/mol. The van der Waals surface area contributed by atoms with Gasteiger partial charge in [-0.25, -0.2) is 4.79 Å². The van der Waals surface area contributed by atoms with Crippen LogP contribution in [0.15, 0.2) is 30.3 Å². The molecule has 4 atom stereocenters. The Hall–Kier alpha value is -1.43. The zero-order valence-corrected chi connectivity index (χ0v) is 17.1. The number of hydrogen-bond donors (Lipinski definition) is 1. The molecular formula is C22H36NO4+. The van der Waals surface area contributed by atoms with E-state index in [1.807, 2.05) is 13.0 Å². The molecule has 3 N–H and O–H groups in total. The van der Waals surface area contributed by atoms with Gasteiger partial charge in [-0.2, -0.15) is 0 Å². The van der Waals surface area contributed by atoms with Gasteiger partial charge >= 0.3 is 5.97 Å². The van der Waals surface area contributed by atoms with Crippen LogP contribution in [0.4, 0.5) is 0 Å². The quantitative estimate of drug-likeness (QED) is 0.558. The molecule has 1 aromatic carbocycles. The lowest BCUT2D eigenvalue weighted by Crippen LogP contribution is -2.65. The van der Waals surface area contributed by atoms with E-state index in [0.29, 0.717) is 19.1 Å². The summed E-state index contributed by atoms with van der Waals surface area (Å²) in [6, 6.07) is 10.1. The number of aryl methyl sites for hydroxylation is 1. The van der Waals surface area contributed by atoms with Gasteiger partial charge in [0.15, 0.2) is 6.04 Å². The van der Waals surface area contributed by atoms with E-state index in [0.717, 1.165) is 32.1 Å². The smallest absolute Gasteiger partial charge is 0.365 e. The Morgan fingerprint density at radius 2 is 1.93 bits per heavy atom. The normalized spacial score (nSPS) is 26.9. The van der Waals surface area contributed by atoms with E-state index in [4.69, 9.17) is 14.2 Å². The zero-order chi connectivity index (χ0) is 19.6. The van der Waals surface area contributed by atoms with Crippen molar-refractivity contribution in [2.24, 2.45) is 5.92 Å². The lowest BCUT2D eigenvalue weighted by molar-refractivity contribution is -0.410. The van der Waals surface area contributed by atoms with E-state index in [9.17, 15) is 4.79 Å². The van der Waals surface area contributed by atoms with Crippen LogP contribution in [0.3, 0.4) is 0 Å². The highest BCUT2D eigenvalue weighted by molar-refractivity contribution is 5.74. The molecular weight excluding hydrogens is 342 g/mol. The second kappa shape index (κ2) is 11.4. The minimum atomic E-state index is -0.339. The van der Waals surface area contributed by atoms with Crippen molar-refractivity contribution in [1.82, 2.24) is 0 Å². The first kappa shape index (κ1) is 21.9. The maximum absolute atomic E-state index is 12.2. The first-order valence-electron chi connectivity index (χ1n) is 10.3. The summed E-state index contributed by atoms with van der Waals surface area (Å²) in [4.78, 5) is 12.2. The van der Waals surface area contributed by atoms with Crippen LogP contribution >= 0.6 is 0 Å². The largest absolute Gasteiger partial charge is 0.455 e. The van der Waals surface area contributed by atoms with Gasteiger partial charge in [0.1, 0.15) is 12.2 Å². The van der Waals surface area contributed by atoms with Crippen LogP contribution in [0.1, 0.15) is 52.0 Å². The molecule has 1 aromatic rings. The molecule has 2 rings (SSSR count). The van der Waals surface area contributed by atoms with Crippen LogP contribution in [0.2, 0.25) is 0 Å². The van der Waals surface area contributed by atoms with Crippen LogP contribution in [0.5, 0.6) is 0 Å². The second-order valence-electron chi connectivity index (χ2n) is 7.96. The van der Waals surface area contributed by atoms with Gasteiger partial charge in [0.25, 0.3) is 0 Å². The molecule has 27 heavy (non-hydrogen) atoms. The van der Waals surface area contributed by atoms with Crippen molar-refractivity contribution in [2.75, 3.05) is 13.2 Å². The minimum Gasteiger partial charge on any atom is -0.455 e. The van der Waals surface area contributed by atoms with Crippen molar-refractivity contribution >= 4 is 5.97 Å². The number of rotatable bonds is 8. The van der Waals surface area contributed by atoms with Gasteiger partial charge in [-0.15, -0.1) is 0 Å². The average molecular weight is 379 g/mol. The SMILES string of the molecule is CC(C)CO[C@H]1CCC[C@H]([NH3+])C(=O)O[C@@H](C)[C@@H]1OCCCc1ccccc1. The van der Waals surface area contributed by atoms with Crippen molar-refractivity contribution in [1.29, 1.82) is 0 Å². The van der Waals surface area contributed by atoms with Gasteiger partial charge in [0.05, 0.1) is 6.10 Å². The number of carbonyl (C=O) groups excluding carboxylic acids is 1. The summed E-state index contributed by atoms with van der Waals surface area (Å²) in [5.41, 5.74) is 5.24. The molecule has 1 aliphatic heterocycles. The Labute approximate surface area is 163 Å². The van der Waals surface area contributed by atoms with Crippen LogP contribution in [0.25, 0.3) is 0 Å². The first-order chi connectivity index (χ1) is 13.0. The summed E-state index contributed by atoms with van der Waals surface area (Å²) in [7, 11) is 0. The predicted octanol–water partition coefficient (Wildman–Crippen LogP) is 2.77. The summed E-state index contributed by atoms with van der Waals surface area (Å²) in [6.07, 6.45) is 3.75. The summed E-state index contributed by atoms with van der Waals surface area (Å²) >= 11 is 0. The van der Waals surface area contributed by atoms with Crippen molar-refractivity contribution in [3.05, 3.63) is 35.9 Å². The molecule has 5 heteroatoms. The molecule has 0 saturated carbocycles. The number of cyclic esters (lactones) is 1. The highest BCUT2D eigenvalue weighted by Crippen LogP contribution is 2.22. The zero-order valence-electron chi connectivity index (χ0n) is 17.1. The van der Waals surface area contributed by atoms with Crippen molar-refractivity contribution in [3.63, 3.8) is 0 Å². The molecule has 0 radical (unpaired) electrons. The molecule has 1 aliphatic rings. The van der Waals surface area contributed by atoms with Gasteiger partial charge in [0.2, 0.25) is 0 Å². The number of quaternary nitrogens is 1. The van der Waals surface area contributed by atoms with E-state index in [1.165, 1.54) is 5.56 Å². The fourth-order valence-electron chi connectivity index (χ4n) is 3.37. The maximum atomic E-state index is 12.2. The third-order valence-electron chi connectivity index (χ3n) is 4.91. The van der Waals surface area contributed by atoms with Gasteiger partial charge in [-0.05, 0) is 44.1 Å². The van der Waals surface area contributed by atoms with Crippen LogP contribution in [-0.2, 0) is 25.4 Å². The Balaban J connectivity index is 1.96. The average Bonchev–Trinajstić information content (AvgIpc) is 2.69. The summed E-state index contributed by atoms with van der Waals surface area (Å²) < 4.78 is 18.0. The molecule has 0 aliphatic carbocycles. The van der Waals surface area contributed by atoms with E-state index >= 15 is 0 Å². The maximum Gasteiger partial charge on any atom is 0.365 e. The van der Waals surface area contributed by atoms with Gasteiger partial charge in [-0.1, -0.05) is 44.2 Å². The van der Waals surface area contributed by atoms with Gasteiger partial charge in [0, 0.05) is 19.6 Å². The molecule has 0 amide bonds. The number of hydrogen-bond acceptors (Lipinski definition) is 4. The Morgan fingerprint density at radius 3 is 2.63 bits per heavy atom. The third kappa shape index (κ3) is 7.60.